The van der Waals surface area contributed by atoms with Crippen molar-refractivity contribution in [2.75, 3.05) is 19.8 Å². The van der Waals surface area contributed by atoms with Gasteiger partial charge in [0.2, 0.25) is 0 Å². The van der Waals surface area contributed by atoms with Crippen molar-refractivity contribution in [3.8, 4) is 0 Å². The van der Waals surface area contributed by atoms with Crippen LogP contribution in [0.25, 0.3) is 0 Å². The van der Waals surface area contributed by atoms with Gasteiger partial charge in [-0.1, -0.05) is 64.7 Å². The van der Waals surface area contributed by atoms with Crippen molar-refractivity contribution in [3.63, 3.8) is 0 Å². The van der Waals surface area contributed by atoms with Gasteiger partial charge in [0.15, 0.2) is 5.78 Å². The molecule has 11 N–H and O–H groups in total. The third kappa shape index (κ3) is 7.62. The Morgan fingerprint density at radius 3 is 2.56 bits per heavy atom. The average molecular weight is 826 g/mol. The van der Waals surface area contributed by atoms with Crippen LogP contribution < -0.4 is 16.4 Å². The fraction of sp³-hybridized carbons (Fsp3) is 0.809. The Kier molecular flexibility index (Phi) is 13.1. The normalized spacial score (nSPS) is 43.7. The maximum absolute atomic E-state index is 15.3. The van der Waals surface area contributed by atoms with Gasteiger partial charge in [-0.25, -0.2) is 0 Å². The first-order valence-corrected chi connectivity index (χ1v) is 23.0. The van der Waals surface area contributed by atoms with E-state index in [2.05, 4.69) is 36.6 Å². The van der Waals surface area contributed by atoms with Gasteiger partial charge in [0.05, 0.1) is 54.1 Å². The number of hydrogen-bond acceptors (Lipinski definition) is 12. The quantitative estimate of drug-likeness (QED) is 0.0849. The van der Waals surface area contributed by atoms with Gasteiger partial charge in [-0.15, -0.1) is 0 Å². The molecule has 3 saturated carbocycles. The van der Waals surface area contributed by atoms with E-state index in [1.807, 2.05) is 19.1 Å². The molecule has 2 heterocycles. The minimum Gasteiger partial charge on any atom is -0.396 e. The molecule has 7 aliphatic rings. The first-order chi connectivity index (χ1) is 27.9. The first kappa shape index (κ1) is 44.9. The summed E-state index contributed by atoms with van der Waals surface area (Å²) < 4.78 is 6.32. The maximum Gasteiger partial charge on any atom is 0.182 e. The molecule has 0 aromatic rings. The van der Waals surface area contributed by atoms with Crippen LogP contribution in [0.5, 0.6) is 0 Å². The van der Waals surface area contributed by atoms with E-state index < -0.39 is 76.5 Å². The number of ketones is 1. The summed E-state index contributed by atoms with van der Waals surface area (Å²) >= 11 is 0. The Labute approximate surface area is 351 Å². The number of unbranched alkanes of at least 4 members (excludes halogenated alkanes) is 3. The maximum atomic E-state index is 15.3. The molecule has 1 spiro atoms. The highest BCUT2D eigenvalue weighted by atomic mass is 16.5. The summed E-state index contributed by atoms with van der Waals surface area (Å²) in [6.07, 6.45) is 11.8. The third-order valence-corrected chi connectivity index (χ3v) is 16.7. The number of aliphatic hydroxyl groups excluding tert-OH is 5. The zero-order valence-corrected chi connectivity index (χ0v) is 36.2. The zero-order chi connectivity index (χ0) is 42.7. The standard InChI is InChI=1S/C47H75N3O9/c1-6-7-8-9-11-30-25-59-42(27(30)3)43(56)45(5,57)36-17-18-47(58)39-38-29(21-44(36,47)4)14-13-28(31-15-16-37(48)50-33(31)12-10-19-51)22-46(38)23-35(54)34(53)20-32(46)41(55)40(39)49-24-26(2)52/h13-16,26-30,32,34-38,42-43,49-54,56-58H,6-12,17-25,48H2,1-5H3. The van der Waals surface area contributed by atoms with Crippen molar-refractivity contribution in [1.29, 1.82) is 0 Å². The summed E-state index contributed by atoms with van der Waals surface area (Å²) in [5.74, 6) is -2.02. The lowest BCUT2D eigenvalue weighted by molar-refractivity contribution is -0.201. The molecule has 1 saturated heterocycles. The van der Waals surface area contributed by atoms with Gasteiger partial charge in [0.1, 0.15) is 6.10 Å². The van der Waals surface area contributed by atoms with Gasteiger partial charge in [-0.2, -0.15) is 0 Å². The van der Waals surface area contributed by atoms with E-state index in [9.17, 15) is 35.7 Å². The second-order valence-electron chi connectivity index (χ2n) is 20.4. The number of allylic oxidation sites excluding steroid dienone is 6. The van der Waals surface area contributed by atoms with E-state index in [1.54, 1.807) is 13.8 Å². The number of nitrogens with two attached hydrogens (primary N) is 1. The summed E-state index contributed by atoms with van der Waals surface area (Å²) in [7, 11) is 0. The summed E-state index contributed by atoms with van der Waals surface area (Å²) in [6.45, 7) is 10.3. The molecule has 12 heteroatoms. The van der Waals surface area contributed by atoms with Crippen LogP contribution in [-0.2, 0) is 9.53 Å². The molecule has 4 fully saturated rings. The van der Waals surface area contributed by atoms with E-state index >= 15 is 4.79 Å². The highest BCUT2D eigenvalue weighted by Gasteiger charge is 2.73. The Morgan fingerprint density at radius 1 is 1.08 bits per heavy atom. The number of carbonyl (C=O) groups excluding carboxylic acids is 1. The summed E-state index contributed by atoms with van der Waals surface area (Å²) in [6, 6.07) is 0. The SMILES string of the molecule is CCCCCCC1COC(C(O)C(C)(O)C2CCC3(O)C4=C(NCC(C)O)C(=O)C5CC(O)C(O)CC56CC(C5=C(CCCO)NC(N)C=C5)C=CC(CC23C)C46)C1C. The van der Waals surface area contributed by atoms with Crippen molar-refractivity contribution in [3.05, 3.63) is 46.8 Å². The van der Waals surface area contributed by atoms with Crippen LogP contribution in [0.4, 0.5) is 0 Å². The number of dihydropyridines is 1. The number of hydrogen-bond donors (Lipinski definition) is 10. The van der Waals surface area contributed by atoms with Gasteiger partial charge in [0, 0.05) is 36.1 Å². The summed E-state index contributed by atoms with van der Waals surface area (Å²) in [4.78, 5) is 15.3. The van der Waals surface area contributed by atoms with Crippen LogP contribution in [0.1, 0.15) is 118 Å². The van der Waals surface area contributed by atoms with Crippen molar-refractivity contribution < 1.29 is 45.3 Å². The molecule has 0 radical (unpaired) electrons. The van der Waals surface area contributed by atoms with Crippen LogP contribution in [0, 0.1) is 52.3 Å². The molecule has 5 aliphatic carbocycles. The smallest absolute Gasteiger partial charge is 0.182 e. The van der Waals surface area contributed by atoms with E-state index in [0.717, 1.165) is 30.5 Å². The topological polar surface area (TPSA) is 218 Å². The highest BCUT2D eigenvalue weighted by Crippen LogP contribution is 2.73. The van der Waals surface area contributed by atoms with Crippen LogP contribution in [-0.4, -0.2) is 109 Å². The largest absolute Gasteiger partial charge is 0.396 e. The number of rotatable bonds is 15. The predicted octanol–water partition coefficient (Wildman–Crippen LogP) is 3.48. The molecule has 17 atom stereocenters. The van der Waals surface area contributed by atoms with Gasteiger partial charge < -0.3 is 56.8 Å². The van der Waals surface area contributed by atoms with Crippen LogP contribution in [0.2, 0.25) is 0 Å². The number of nitrogens with one attached hydrogen (secondary N) is 2. The molecule has 0 aromatic carbocycles. The number of Topliss-reactive ketones (excluding diaryl/α,β-unsaturated/α-hetero) is 1. The van der Waals surface area contributed by atoms with E-state index in [1.165, 1.54) is 12.8 Å². The minimum absolute atomic E-state index is 0.0191. The van der Waals surface area contributed by atoms with Crippen LogP contribution >= 0.6 is 0 Å². The second kappa shape index (κ2) is 17.2. The van der Waals surface area contributed by atoms with Gasteiger partial charge >= 0.3 is 0 Å². The van der Waals surface area contributed by atoms with Crippen molar-refractivity contribution in [1.82, 2.24) is 10.6 Å². The highest BCUT2D eigenvalue weighted by molar-refractivity contribution is 6.00. The predicted molar refractivity (Wildman–Crippen MR) is 225 cm³/mol. The lowest BCUT2D eigenvalue weighted by Gasteiger charge is -2.64. The molecule has 59 heavy (non-hydrogen) atoms. The minimum atomic E-state index is -1.65. The van der Waals surface area contributed by atoms with E-state index in [4.69, 9.17) is 10.5 Å². The molecular weight excluding hydrogens is 751 g/mol. The van der Waals surface area contributed by atoms with E-state index in [0.29, 0.717) is 44.3 Å². The number of aliphatic hydroxyl groups is 7. The number of fused-ring (bicyclic) bond motifs is 2. The lowest BCUT2D eigenvalue weighted by Crippen LogP contribution is -2.67. The van der Waals surface area contributed by atoms with Crippen molar-refractivity contribution >= 4 is 5.78 Å². The van der Waals surface area contributed by atoms with Crippen LogP contribution in [0.15, 0.2) is 46.8 Å². The molecule has 0 bridgehead atoms. The molecule has 12 nitrogen and oxygen atoms in total. The van der Waals surface area contributed by atoms with Crippen LogP contribution in [0.3, 0.4) is 0 Å². The number of carbonyl (C=O) groups is 1. The molecular formula is C47H75N3O9. The first-order valence-electron chi connectivity index (χ1n) is 23.0. The van der Waals surface area contributed by atoms with Gasteiger partial charge in [-0.3, -0.25) is 4.79 Å². The van der Waals surface area contributed by atoms with Gasteiger partial charge in [0.25, 0.3) is 0 Å². The Bertz CT molecular complexity index is 1680. The fourth-order valence-electron chi connectivity index (χ4n) is 13.7. The average Bonchev–Trinajstić information content (AvgIpc) is 3.64. The summed E-state index contributed by atoms with van der Waals surface area (Å²) in [5, 5.41) is 88.5. The Hall–Kier alpha value is -2.13. The fourth-order valence-corrected chi connectivity index (χ4v) is 13.7. The Balaban J connectivity index is 1.33. The zero-order valence-electron chi connectivity index (χ0n) is 36.2. The molecule has 0 aromatic heterocycles. The summed E-state index contributed by atoms with van der Waals surface area (Å²) in [5.41, 5.74) is 4.00. The second-order valence-corrected chi connectivity index (χ2v) is 20.4. The monoisotopic (exact) mass is 826 g/mol. The Morgan fingerprint density at radius 2 is 1.85 bits per heavy atom. The lowest BCUT2D eigenvalue weighted by atomic mass is 9.41. The number of ether oxygens (including phenoxy) is 1. The van der Waals surface area contributed by atoms with Crippen molar-refractivity contribution in [2.24, 2.45) is 58.0 Å². The molecule has 7 rings (SSSR count). The third-order valence-electron chi connectivity index (χ3n) is 16.7. The van der Waals surface area contributed by atoms with Crippen molar-refractivity contribution in [2.45, 2.75) is 166 Å². The molecule has 0 amide bonds. The van der Waals surface area contributed by atoms with E-state index in [-0.39, 0.29) is 67.6 Å². The molecule has 17 unspecified atom stereocenters. The van der Waals surface area contributed by atoms with Gasteiger partial charge in [-0.05, 0) is 124 Å². The molecule has 2 aliphatic heterocycles. The molecule has 332 valence electrons.